The first-order valence-electron chi connectivity index (χ1n) is 14.7. The molecule has 2 aliphatic rings. The Morgan fingerprint density at radius 2 is 0.702 bits per heavy atom. The first-order valence-corrected chi connectivity index (χ1v) is 19.8. The van der Waals surface area contributed by atoms with Crippen LogP contribution in [-0.4, -0.2) is 55.2 Å². The molecule has 14 nitrogen and oxygen atoms in total. The van der Waals surface area contributed by atoms with E-state index in [-0.39, 0.29) is 91.1 Å². The second-order valence-corrected chi connectivity index (χ2v) is 14.8. The zero-order valence-electron chi connectivity index (χ0n) is 26.8. The largest absolute Gasteiger partial charge is 2.00 e. The fraction of sp³-hybridized carbons (Fsp3) is 0. The molecule has 0 atom stereocenters. The number of fused-ring (bicyclic) bond motifs is 20. The topological polar surface area (TPSA) is 208 Å². The van der Waals surface area contributed by atoms with Crippen LogP contribution in [0.1, 0.15) is 0 Å². The van der Waals surface area contributed by atoms with Gasteiger partial charge in [-0.3, -0.25) is 0 Å². The number of rotatable bonds is 0. The van der Waals surface area contributed by atoms with Gasteiger partial charge in [0.15, 0.2) is 11.6 Å². The van der Waals surface area contributed by atoms with Gasteiger partial charge in [0.25, 0.3) is 0 Å². The molecule has 57 heavy (non-hydrogen) atoms. The second-order valence-electron chi connectivity index (χ2n) is 11.0. The maximum atomic E-state index is 8.44. The number of halogens is 8. The van der Waals surface area contributed by atoms with Crippen molar-refractivity contribution >= 4 is 158 Å². The van der Waals surface area contributed by atoms with Gasteiger partial charge in [0, 0.05) is 50.1 Å². The Morgan fingerprint density at radius 1 is 0.386 bits per heavy atom. The normalized spacial score (nSPS) is 11.1. The quantitative estimate of drug-likeness (QED) is 0.0788. The molecular formula is C32H8Cl8CuN8O6S2. The van der Waals surface area contributed by atoms with Gasteiger partial charge < -0.3 is 24.9 Å². The third-order valence-electron chi connectivity index (χ3n) is 7.94. The average molecular weight is 1010 g/mol. The van der Waals surface area contributed by atoms with Crippen molar-refractivity contribution in [2.75, 3.05) is 0 Å². The molecule has 9 rings (SSSR count). The maximum absolute atomic E-state index is 8.44. The van der Waals surface area contributed by atoms with E-state index >= 15 is 0 Å². The molecule has 0 N–H and O–H groups in total. The molecule has 4 aromatic carbocycles. The summed E-state index contributed by atoms with van der Waals surface area (Å²) >= 11 is 53.3. The molecule has 0 saturated heterocycles. The summed E-state index contributed by atoms with van der Waals surface area (Å²) in [6.45, 7) is 0. The molecule has 1 radical (unpaired) electrons. The van der Waals surface area contributed by atoms with Crippen LogP contribution in [0, 0.1) is 0 Å². The van der Waals surface area contributed by atoms with Gasteiger partial charge in [-0.15, -0.1) is 25.3 Å². The van der Waals surface area contributed by atoms with Crippen molar-refractivity contribution in [2.45, 2.75) is 0 Å². The summed E-state index contributed by atoms with van der Waals surface area (Å²) < 4.78 is 50.7. The van der Waals surface area contributed by atoms with Gasteiger partial charge in [-0.2, -0.15) is 0 Å². The Morgan fingerprint density at radius 3 is 1.19 bits per heavy atom. The first-order chi connectivity index (χ1) is 26.6. The summed E-state index contributed by atoms with van der Waals surface area (Å²) in [6, 6.07) is 15.0. The molecule has 0 amide bonds. The summed E-state index contributed by atoms with van der Waals surface area (Å²) in [5.41, 5.74) is 2.89. The van der Waals surface area contributed by atoms with E-state index < -0.39 is 21.2 Å². The van der Waals surface area contributed by atoms with E-state index in [1.807, 2.05) is 48.5 Å². The van der Waals surface area contributed by atoms with E-state index in [2.05, 4.69) is 0 Å². The predicted octanol–water partition coefficient (Wildman–Crippen LogP) is 9.34. The first kappa shape index (κ1) is 42.9. The van der Waals surface area contributed by atoms with Crippen LogP contribution in [0.2, 0.25) is 40.2 Å². The molecule has 0 unspecified atom stereocenters. The van der Waals surface area contributed by atoms with Crippen molar-refractivity contribution in [3.05, 3.63) is 88.7 Å². The molecule has 2 aliphatic heterocycles. The van der Waals surface area contributed by atoms with Crippen LogP contribution >= 0.6 is 92.8 Å². The summed E-state index contributed by atoms with van der Waals surface area (Å²) in [6.07, 6.45) is 0. The van der Waals surface area contributed by atoms with Crippen LogP contribution < -0.4 is 9.97 Å². The zero-order chi connectivity index (χ0) is 40.3. The van der Waals surface area contributed by atoms with Crippen molar-refractivity contribution in [1.29, 1.82) is 0 Å². The molecule has 7 aromatic rings. The molecule has 8 bridgehead atoms. The van der Waals surface area contributed by atoms with Crippen molar-refractivity contribution in [3.63, 3.8) is 0 Å². The maximum Gasteiger partial charge on any atom is 2.00 e. The number of hydrogen-bond donors (Lipinski definition) is 0. The van der Waals surface area contributed by atoms with E-state index in [0.29, 0.717) is 44.8 Å². The van der Waals surface area contributed by atoms with E-state index in [1.165, 1.54) is 0 Å². The van der Waals surface area contributed by atoms with Gasteiger partial charge in [0.2, 0.25) is 0 Å². The zero-order valence-corrected chi connectivity index (χ0v) is 35.4. The minimum Gasteiger partial charge on any atom is -0.357 e. The Bertz CT molecular complexity index is 3260. The predicted molar refractivity (Wildman–Crippen MR) is 213 cm³/mol. The summed E-state index contributed by atoms with van der Waals surface area (Å²) in [7, 11) is -6.22. The van der Waals surface area contributed by atoms with E-state index in [9.17, 15) is 0 Å². The standard InChI is InChI=1S/C32H8Cl8N8.Cu.2O3S/c33-17-13-15(19(35)23(39)21(17)37)31-46-29(13)44-27-11-7-3-1-5-9(11)25(42-27)41-26-10-6-2-4-8-12(10)28(43-26)45-30-14-16(32(47-30)48-31)20(36)24(40)22(38)18(14)34;;2*1-4(2)3/h1-8H;;;/q-2;+2;;. The van der Waals surface area contributed by atoms with Gasteiger partial charge in [0.05, 0.1) is 57.4 Å². The molecule has 0 aliphatic carbocycles. The smallest absolute Gasteiger partial charge is 0.357 e. The van der Waals surface area contributed by atoms with Crippen LogP contribution in [0.3, 0.4) is 0 Å². The van der Waals surface area contributed by atoms with Crippen LogP contribution in [-0.2, 0) is 38.3 Å². The monoisotopic (exact) mass is 1010 g/mol. The van der Waals surface area contributed by atoms with Crippen LogP contribution in [0.4, 0.5) is 0 Å². The minimum absolute atomic E-state index is 0. The molecule has 291 valence electrons. The van der Waals surface area contributed by atoms with Crippen molar-refractivity contribution in [2.24, 2.45) is 0 Å². The van der Waals surface area contributed by atoms with Crippen LogP contribution in [0.5, 0.6) is 0 Å². The number of nitrogens with zero attached hydrogens (tertiary/aromatic N) is 8. The third-order valence-corrected chi connectivity index (χ3v) is 11.5. The Kier molecular flexibility index (Phi) is 12.7. The summed E-state index contributed by atoms with van der Waals surface area (Å²) in [4.78, 5) is 38.5. The number of aromatic nitrogens is 8. The average Bonchev–Trinajstić information content (AvgIpc) is 3.89. The molecule has 0 fully saturated rings. The van der Waals surface area contributed by atoms with E-state index in [1.54, 1.807) is 0 Å². The molecule has 0 saturated carbocycles. The van der Waals surface area contributed by atoms with Gasteiger partial charge in [0.1, 0.15) is 0 Å². The van der Waals surface area contributed by atoms with Crippen molar-refractivity contribution in [3.8, 4) is 45.6 Å². The van der Waals surface area contributed by atoms with Crippen LogP contribution in [0.15, 0.2) is 48.5 Å². The van der Waals surface area contributed by atoms with Crippen LogP contribution in [0.25, 0.3) is 89.7 Å². The number of hydrogen-bond acceptors (Lipinski definition) is 12. The van der Waals surface area contributed by atoms with Gasteiger partial charge in [-0.05, 0) is 10.8 Å². The summed E-state index contributed by atoms with van der Waals surface area (Å²) in [5, 5.41) is 2.29. The fourth-order valence-electron chi connectivity index (χ4n) is 5.78. The Labute approximate surface area is 371 Å². The van der Waals surface area contributed by atoms with E-state index in [0.717, 1.165) is 10.9 Å². The second kappa shape index (κ2) is 16.9. The number of benzene rings is 4. The molecule has 5 heterocycles. The van der Waals surface area contributed by atoms with Crippen molar-refractivity contribution < 1.29 is 42.3 Å². The molecule has 0 spiro atoms. The Hall–Kier alpha value is -3.68. The van der Waals surface area contributed by atoms with Crippen molar-refractivity contribution in [1.82, 2.24) is 39.9 Å². The van der Waals surface area contributed by atoms with Gasteiger partial charge in [-0.25, -0.2) is 15.0 Å². The molecule has 25 heteroatoms. The summed E-state index contributed by atoms with van der Waals surface area (Å²) in [5.74, 6) is 0.885. The molecular weight excluding hydrogens is 1000 g/mol. The fourth-order valence-corrected chi connectivity index (χ4v) is 7.82. The third kappa shape index (κ3) is 7.80. The minimum atomic E-state index is -3.11. The molecule has 3 aromatic heterocycles. The van der Waals surface area contributed by atoms with Gasteiger partial charge >= 0.3 is 38.3 Å². The Balaban J connectivity index is 0.000000561. The SMILES string of the molecule is Clc1c(Cl)c(Cl)c2c(c1Cl)-c1nc3nc(nc4[n-]c(nc5[n-]c(nc-2n1)c1c(Cl)c(Cl)c(Cl)c(Cl)c51)c1ccccc41)-c1ccccc1-3.O=S(=O)=O.O=S(=O)=O.[Cu+2]. The van der Waals surface area contributed by atoms with Gasteiger partial charge in [-0.1, -0.05) is 141 Å². The van der Waals surface area contributed by atoms with E-state index in [4.69, 9.17) is 158 Å².